The number of halogens is 3. The second kappa shape index (κ2) is 7.35. The van der Waals surface area contributed by atoms with Gasteiger partial charge in [0.15, 0.2) is 5.82 Å². The number of nitrogens with one attached hydrogen (secondary N) is 1. The molecular weight excluding hydrogens is 343 g/mol. The molecular formula is C19H14F3N3O. The van der Waals surface area contributed by atoms with Crippen LogP contribution in [-0.4, -0.2) is 15.9 Å². The molecule has 132 valence electrons. The summed E-state index contributed by atoms with van der Waals surface area (Å²) >= 11 is 0. The molecule has 1 aromatic heterocycles. The van der Waals surface area contributed by atoms with Crippen molar-refractivity contribution in [1.29, 1.82) is 0 Å². The van der Waals surface area contributed by atoms with Crippen LogP contribution in [0.5, 0.6) is 0 Å². The lowest BCUT2D eigenvalue weighted by atomic mass is 10.1. The molecule has 1 heterocycles. The first-order valence-electron chi connectivity index (χ1n) is 7.75. The van der Waals surface area contributed by atoms with E-state index in [2.05, 4.69) is 15.3 Å². The lowest BCUT2D eigenvalue weighted by Gasteiger charge is -2.09. The van der Waals surface area contributed by atoms with Gasteiger partial charge in [-0.1, -0.05) is 42.5 Å². The van der Waals surface area contributed by atoms with Crippen LogP contribution in [0.3, 0.4) is 0 Å². The van der Waals surface area contributed by atoms with Crippen LogP contribution in [0, 0.1) is 0 Å². The van der Waals surface area contributed by atoms with Gasteiger partial charge in [0, 0.05) is 24.5 Å². The summed E-state index contributed by atoms with van der Waals surface area (Å²) in [6.07, 6.45) is -1.55. The third-order valence-electron chi connectivity index (χ3n) is 3.68. The van der Waals surface area contributed by atoms with Gasteiger partial charge in [-0.2, -0.15) is 13.2 Å². The van der Waals surface area contributed by atoms with Crippen LogP contribution in [0.2, 0.25) is 0 Å². The molecule has 0 aliphatic carbocycles. The van der Waals surface area contributed by atoms with E-state index in [0.29, 0.717) is 11.4 Å². The van der Waals surface area contributed by atoms with Crippen molar-refractivity contribution < 1.29 is 18.0 Å². The van der Waals surface area contributed by atoms with Crippen molar-refractivity contribution in [3.63, 3.8) is 0 Å². The lowest BCUT2D eigenvalue weighted by molar-refractivity contribution is -0.137. The molecule has 0 saturated carbocycles. The van der Waals surface area contributed by atoms with Gasteiger partial charge in [0.05, 0.1) is 11.1 Å². The summed E-state index contributed by atoms with van der Waals surface area (Å²) < 4.78 is 37.6. The first-order chi connectivity index (χ1) is 12.4. The van der Waals surface area contributed by atoms with Crippen LogP contribution in [0.25, 0.3) is 11.4 Å². The quantitative estimate of drug-likeness (QED) is 0.765. The summed E-state index contributed by atoms with van der Waals surface area (Å²) in [5.74, 6) is 0.106. The summed E-state index contributed by atoms with van der Waals surface area (Å²) in [5.41, 5.74) is 0.950. The van der Waals surface area contributed by atoms with Crippen molar-refractivity contribution >= 4 is 5.91 Å². The fraction of sp³-hybridized carbons (Fsp3) is 0.105. The summed E-state index contributed by atoms with van der Waals surface area (Å²) in [7, 11) is 0. The van der Waals surface area contributed by atoms with Crippen molar-refractivity contribution in [2.24, 2.45) is 0 Å². The molecule has 0 saturated heterocycles. The van der Waals surface area contributed by atoms with Gasteiger partial charge in [-0.05, 0) is 17.7 Å². The van der Waals surface area contributed by atoms with E-state index in [1.54, 1.807) is 0 Å². The van der Waals surface area contributed by atoms with Crippen LogP contribution < -0.4 is 5.32 Å². The topological polar surface area (TPSA) is 54.9 Å². The number of carbonyl (C=O) groups excluding carboxylic acids is 1. The van der Waals surface area contributed by atoms with Crippen LogP contribution in [0.1, 0.15) is 21.5 Å². The molecule has 4 nitrogen and oxygen atoms in total. The normalized spacial score (nSPS) is 11.2. The van der Waals surface area contributed by atoms with Gasteiger partial charge in [-0.25, -0.2) is 9.97 Å². The standard InChI is InChI=1S/C19H14F3N3O/c20-19(21,22)16-8-6-13(7-9-16)10-25-18(26)15-11-23-17(24-12-15)14-4-2-1-3-5-14/h1-9,11-12H,10H2,(H,25,26). The van der Waals surface area contributed by atoms with Gasteiger partial charge in [0.2, 0.25) is 0 Å². The number of hydrogen-bond donors (Lipinski definition) is 1. The maximum atomic E-state index is 12.5. The van der Waals surface area contributed by atoms with Crippen LogP contribution >= 0.6 is 0 Å². The molecule has 2 aromatic carbocycles. The van der Waals surface area contributed by atoms with Crippen molar-refractivity contribution in [2.45, 2.75) is 12.7 Å². The van der Waals surface area contributed by atoms with Gasteiger partial charge in [0.1, 0.15) is 0 Å². The molecule has 3 aromatic rings. The number of benzene rings is 2. The largest absolute Gasteiger partial charge is 0.416 e. The van der Waals surface area contributed by atoms with E-state index in [1.165, 1.54) is 24.5 Å². The number of carbonyl (C=O) groups is 1. The first kappa shape index (κ1) is 17.6. The molecule has 0 atom stereocenters. The van der Waals surface area contributed by atoms with Crippen molar-refractivity contribution in [3.05, 3.63) is 83.7 Å². The minimum Gasteiger partial charge on any atom is -0.348 e. The highest BCUT2D eigenvalue weighted by Gasteiger charge is 2.29. The fourth-order valence-corrected chi connectivity index (χ4v) is 2.28. The highest BCUT2D eigenvalue weighted by Crippen LogP contribution is 2.29. The number of amides is 1. The number of aromatic nitrogens is 2. The Hall–Kier alpha value is -3.22. The Morgan fingerprint density at radius 1 is 0.923 bits per heavy atom. The molecule has 0 fully saturated rings. The smallest absolute Gasteiger partial charge is 0.348 e. The van der Waals surface area contributed by atoms with E-state index in [9.17, 15) is 18.0 Å². The van der Waals surface area contributed by atoms with Crippen molar-refractivity contribution in [2.75, 3.05) is 0 Å². The van der Waals surface area contributed by atoms with Crippen molar-refractivity contribution in [3.8, 4) is 11.4 Å². The van der Waals surface area contributed by atoms with E-state index < -0.39 is 17.6 Å². The Balaban J connectivity index is 1.61. The molecule has 1 N–H and O–H groups in total. The summed E-state index contributed by atoms with van der Waals surface area (Å²) in [6.45, 7) is 0.109. The van der Waals surface area contributed by atoms with Gasteiger partial charge in [0.25, 0.3) is 5.91 Å². The molecule has 3 rings (SSSR count). The van der Waals surface area contributed by atoms with Gasteiger partial charge < -0.3 is 5.32 Å². The molecule has 0 bridgehead atoms. The molecule has 0 radical (unpaired) electrons. The highest BCUT2D eigenvalue weighted by atomic mass is 19.4. The number of alkyl halides is 3. The fourth-order valence-electron chi connectivity index (χ4n) is 2.28. The molecule has 0 aliphatic rings. The maximum absolute atomic E-state index is 12.5. The van der Waals surface area contributed by atoms with Gasteiger partial charge >= 0.3 is 6.18 Å². The van der Waals surface area contributed by atoms with Gasteiger partial charge in [-0.3, -0.25) is 4.79 Å². The van der Waals surface area contributed by atoms with E-state index in [1.807, 2.05) is 30.3 Å². The van der Waals surface area contributed by atoms with E-state index >= 15 is 0 Å². The minimum absolute atomic E-state index is 0.109. The monoisotopic (exact) mass is 357 g/mol. The molecule has 0 aliphatic heterocycles. The number of nitrogens with zero attached hydrogens (tertiary/aromatic N) is 2. The number of rotatable bonds is 4. The molecule has 0 unspecified atom stereocenters. The predicted molar refractivity (Wildman–Crippen MR) is 90.1 cm³/mol. The zero-order chi connectivity index (χ0) is 18.6. The SMILES string of the molecule is O=C(NCc1ccc(C(F)(F)F)cc1)c1cnc(-c2ccccc2)nc1. The first-order valence-corrected chi connectivity index (χ1v) is 7.75. The second-order valence-corrected chi connectivity index (χ2v) is 5.54. The number of hydrogen-bond acceptors (Lipinski definition) is 3. The predicted octanol–water partition coefficient (Wildman–Crippen LogP) is 4.09. The second-order valence-electron chi connectivity index (χ2n) is 5.54. The Morgan fingerprint density at radius 3 is 2.12 bits per heavy atom. The average Bonchev–Trinajstić information content (AvgIpc) is 2.66. The Labute approximate surface area is 147 Å². The van der Waals surface area contributed by atoms with Gasteiger partial charge in [-0.15, -0.1) is 0 Å². The Bertz CT molecular complexity index is 877. The third-order valence-corrected chi connectivity index (χ3v) is 3.68. The molecule has 0 spiro atoms. The minimum atomic E-state index is -4.38. The Kier molecular flexibility index (Phi) is 4.97. The summed E-state index contributed by atoms with van der Waals surface area (Å²) in [4.78, 5) is 20.5. The summed E-state index contributed by atoms with van der Waals surface area (Å²) in [5, 5.41) is 2.63. The average molecular weight is 357 g/mol. The van der Waals surface area contributed by atoms with Crippen LogP contribution in [0.4, 0.5) is 13.2 Å². The zero-order valence-corrected chi connectivity index (χ0v) is 13.5. The van der Waals surface area contributed by atoms with E-state index in [-0.39, 0.29) is 12.1 Å². The maximum Gasteiger partial charge on any atom is 0.416 e. The molecule has 1 amide bonds. The Morgan fingerprint density at radius 2 is 1.54 bits per heavy atom. The molecule has 7 heteroatoms. The third kappa shape index (κ3) is 4.24. The van der Waals surface area contributed by atoms with Crippen molar-refractivity contribution in [1.82, 2.24) is 15.3 Å². The van der Waals surface area contributed by atoms with E-state index in [0.717, 1.165) is 17.7 Å². The highest BCUT2D eigenvalue weighted by molar-refractivity contribution is 5.93. The van der Waals surface area contributed by atoms with E-state index in [4.69, 9.17) is 0 Å². The van der Waals surface area contributed by atoms with Crippen LogP contribution in [0.15, 0.2) is 67.0 Å². The van der Waals surface area contributed by atoms with Crippen LogP contribution in [-0.2, 0) is 12.7 Å². The molecule has 26 heavy (non-hydrogen) atoms. The lowest BCUT2D eigenvalue weighted by Crippen LogP contribution is -2.23. The summed E-state index contributed by atoms with van der Waals surface area (Å²) in [6, 6.07) is 14.0. The zero-order valence-electron chi connectivity index (χ0n) is 13.5.